The van der Waals surface area contributed by atoms with E-state index < -0.39 is 17.7 Å². The molecule has 0 spiro atoms. The van der Waals surface area contributed by atoms with Gasteiger partial charge in [-0.3, -0.25) is 14.5 Å². The van der Waals surface area contributed by atoms with Crippen LogP contribution in [0.2, 0.25) is 0 Å². The standard InChI is InChI=1S/C32H28N2O6S/c1-4-13-39-22-8-6-7-19(16-22)28-27(29(35)20-9-12-25-21(15-20)14-18(3)40-25)30(36)31(37)34(28)32-33-24-11-10-23(38-5-2)17-26(24)41-32/h4,6-12,15-18,28,35H,1,5,13-14H2,2-3H3/t18-,28+/m0/s1. The van der Waals surface area contributed by atoms with Crippen molar-refractivity contribution in [1.82, 2.24) is 4.98 Å². The van der Waals surface area contributed by atoms with Crippen molar-refractivity contribution in [3.05, 3.63) is 95.6 Å². The van der Waals surface area contributed by atoms with Gasteiger partial charge in [0.2, 0.25) is 0 Å². The fourth-order valence-electron chi connectivity index (χ4n) is 5.25. The number of aliphatic hydroxyl groups is 1. The van der Waals surface area contributed by atoms with E-state index in [4.69, 9.17) is 19.2 Å². The molecule has 0 bridgehead atoms. The summed E-state index contributed by atoms with van der Waals surface area (Å²) in [6.45, 7) is 8.38. The minimum Gasteiger partial charge on any atom is -0.507 e. The van der Waals surface area contributed by atoms with Gasteiger partial charge in [0, 0.05) is 12.0 Å². The van der Waals surface area contributed by atoms with E-state index in [9.17, 15) is 14.7 Å². The Balaban J connectivity index is 1.51. The van der Waals surface area contributed by atoms with Crippen LogP contribution in [0.4, 0.5) is 5.13 Å². The van der Waals surface area contributed by atoms with E-state index in [1.165, 1.54) is 16.2 Å². The van der Waals surface area contributed by atoms with Gasteiger partial charge in [-0.15, -0.1) is 0 Å². The fourth-order valence-corrected chi connectivity index (χ4v) is 6.27. The number of benzene rings is 3. The summed E-state index contributed by atoms with van der Waals surface area (Å²) in [5, 5.41) is 12.0. The van der Waals surface area contributed by atoms with Gasteiger partial charge in [-0.2, -0.15) is 0 Å². The van der Waals surface area contributed by atoms with Gasteiger partial charge >= 0.3 is 5.91 Å². The topological polar surface area (TPSA) is 98.2 Å². The third-order valence-corrected chi connectivity index (χ3v) is 8.04. The second-order valence-corrected chi connectivity index (χ2v) is 10.9. The summed E-state index contributed by atoms with van der Waals surface area (Å²) in [4.78, 5) is 33.4. The average Bonchev–Trinajstić information content (AvgIpc) is 3.63. The van der Waals surface area contributed by atoms with Crippen molar-refractivity contribution >= 4 is 44.1 Å². The highest BCUT2D eigenvalue weighted by Gasteiger charge is 2.48. The Bertz CT molecular complexity index is 1720. The van der Waals surface area contributed by atoms with Crippen molar-refractivity contribution in [2.75, 3.05) is 18.1 Å². The van der Waals surface area contributed by atoms with Crippen LogP contribution >= 0.6 is 11.3 Å². The van der Waals surface area contributed by atoms with Crippen molar-refractivity contribution in [3.63, 3.8) is 0 Å². The van der Waals surface area contributed by atoms with Crippen molar-refractivity contribution < 1.29 is 28.9 Å². The van der Waals surface area contributed by atoms with E-state index in [1.807, 2.05) is 38.1 Å². The van der Waals surface area contributed by atoms with Gasteiger partial charge in [0.1, 0.15) is 35.7 Å². The molecule has 41 heavy (non-hydrogen) atoms. The van der Waals surface area contributed by atoms with E-state index in [-0.39, 0.29) is 17.4 Å². The molecule has 208 valence electrons. The van der Waals surface area contributed by atoms with Crippen LogP contribution in [-0.2, 0) is 16.0 Å². The number of thiazole rings is 1. The van der Waals surface area contributed by atoms with E-state index >= 15 is 0 Å². The summed E-state index contributed by atoms with van der Waals surface area (Å²) in [7, 11) is 0. The second kappa shape index (κ2) is 10.7. The van der Waals surface area contributed by atoms with Gasteiger partial charge < -0.3 is 19.3 Å². The van der Waals surface area contributed by atoms with Crippen molar-refractivity contribution in [1.29, 1.82) is 0 Å². The number of hydrogen-bond acceptors (Lipinski definition) is 8. The molecule has 9 heteroatoms. The van der Waals surface area contributed by atoms with Crippen LogP contribution in [0.5, 0.6) is 17.2 Å². The summed E-state index contributed by atoms with van der Waals surface area (Å²) in [5.41, 5.74) is 2.62. The van der Waals surface area contributed by atoms with E-state index in [2.05, 4.69) is 6.58 Å². The third-order valence-electron chi connectivity index (χ3n) is 7.02. The number of ether oxygens (including phenoxy) is 3. The molecule has 4 aromatic rings. The minimum atomic E-state index is -0.933. The molecule has 6 rings (SSSR count). The van der Waals surface area contributed by atoms with Gasteiger partial charge in [-0.05, 0) is 73.5 Å². The number of anilines is 1. The predicted molar refractivity (Wildman–Crippen MR) is 158 cm³/mol. The number of aromatic nitrogens is 1. The van der Waals surface area contributed by atoms with E-state index in [0.29, 0.717) is 52.9 Å². The quantitative estimate of drug-likeness (QED) is 0.117. The minimum absolute atomic E-state index is 0.0166. The first-order valence-corrected chi connectivity index (χ1v) is 14.2. The lowest BCUT2D eigenvalue weighted by atomic mass is 9.94. The highest BCUT2D eigenvalue weighted by molar-refractivity contribution is 7.22. The molecule has 1 amide bonds. The van der Waals surface area contributed by atoms with Crippen LogP contribution < -0.4 is 19.1 Å². The highest BCUT2D eigenvalue weighted by atomic mass is 32.1. The van der Waals surface area contributed by atoms with Gasteiger partial charge in [0.15, 0.2) is 5.13 Å². The molecule has 8 nitrogen and oxygen atoms in total. The smallest absolute Gasteiger partial charge is 0.301 e. The summed E-state index contributed by atoms with van der Waals surface area (Å²) < 4.78 is 18.0. The summed E-state index contributed by atoms with van der Waals surface area (Å²) in [5.74, 6) is 0.174. The van der Waals surface area contributed by atoms with Gasteiger partial charge in [0.25, 0.3) is 5.78 Å². The molecule has 2 atom stereocenters. The number of hydrogen-bond donors (Lipinski definition) is 1. The SMILES string of the molecule is C=CCOc1cccc([C@@H]2C(=C(O)c3ccc4c(c3)C[C@H](C)O4)C(=O)C(=O)N2c2nc3ccc(OCC)cc3s2)c1. The predicted octanol–water partition coefficient (Wildman–Crippen LogP) is 6.21. The molecular formula is C32H28N2O6S. The Labute approximate surface area is 241 Å². The number of nitrogens with zero attached hydrogens (tertiary/aromatic N) is 2. The number of ketones is 1. The number of aliphatic hydroxyl groups excluding tert-OH is 1. The van der Waals surface area contributed by atoms with E-state index in [0.717, 1.165) is 16.0 Å². The Kier molecular flexibility index (Phi) is 6.96. The average molecular weight is 569 g/mol. The number of amides is 1. The molecular weight excluding hydrogens is 540 g/mol. The molecule has 1 fully saturated rings. The molecule has 3 heterocycles. The molecule has 2 aliphatic heterocycles. The van der Waals surface area contributed by atoms with Crippen LogP contribution in [0.1, 0.15) is 36.6 Å². The van der Waals surface area contributed by atoms with Gasteiger partial charge in [0.05, 0.1) is 28.4 Å². The normalized spacial score (nSPS) is 19.3. The highest BCUT2D eigenvalue weighted by Crippen LogP contribution is 2.45. The molecule has 1 saturated heterocycles. The Morgan fingerprint density at radius 2 is 1.98 bits per heavy atom. The maximum Gasteiger partial charge on any atom is 0.301 e. The number of carbonyl (C=O) groups is 2. The van der Waals surface area contributed by atoms with Crippen LogP contribution in [0.3, 0.4) is 0 Å². The lowest BCUT2D eigenvalue weighted by Gasteiger charge is -2.23. The van der Waals surface area contributed by atoms with Crippen molar-refractivity contribution in [2.24, 2.45) is 0 Å². The summed E-state index contributed by atoms with van der Waals surface area (Å²) in [6.07, 6.45) is 2.34. The zero-order chi connectivity index (χ0) is 28.7. The number of Topliss-reactive ketones (excluding diaryl/α,β-unsaturated/α-hetero) is 1. The number of rotatable bonds is 8. The van der Waals surface area contributed by atoms with Crippen LogP contribution in [-0.4, -0.2) is 41.1 Å². The fraction of sp³-hybridized carbons (Fsp3) is 0.219. The molecule has 3 aromatic carbocycles. The maximum absolute atomic E-state index is 13.7. The van der Waals surface area contributed by atoms with Crippen LogP contribution in [0.15, 0.2) is 78.9 Å². The first-order chi connectivity index (χ1) is 19.9. The molecule has 0 radical (unpaired) electrons. The number of fused-ring (bicyclic) bond motifs is 2. The van der Waals surface area contributed by atoms with Crippen molar-refractivity contribution in [2.45, 2.75) is 32.4 Å². The molecule has 1 aromatic heterocycles. The monoisotopic (exact) mass is 568 g/mol. The van der Waals surface area contributed by atoms with Gasteiger partial charge in [-0.25, -0.2) is 4.98 Å². The molecule has 0 aliphatic carbocycles. The first-order valence-electron chi connectivity index (χ1n) is 13.4. The molecule has 0 unspecified atom stereocenters. The van der Waals surface area contributed by atoms with Crippen molar-refractivity contribution in [3.8, 4) is 17.2 Å². The zero-order valence-corrected chi connectivity index (χ0v) is 23.4. The number of carbonyl (C=O) groups excluding carboxylic acids is 2. The lowest BCUT2D eigenvalue weighted by Crippen LogP contribution is -2.29. The Morgan fingerprint density at radius 3 is 2.78 bits per heavy atom. The lowest BCUT2D eigenvalue weighted by molar-refractivity contribution is -0.132. The third kappa shape index (κ3) is 4.82. The summed E-state index contributed by atoms with van der Waals surface area (Å²) >= 11 is 1.28. The molecule has 1 N–H and O–H groups in total. The first kappa shape index (κ1) is 26.6. The molecule has 2 aliphatic rings. The van der Waals surface area contributed by atoms with Crippen LogP contribution in [0, 0.1) is 0 Å². The Hall–Kier alpha value is -4.63. The summed E-state index contributed by atoms with van der Waals surface area (Å²) in [6, 6.07) is 17.0. The Morgan fingerprint density at radius 1 is 1.15 bits per heavy atom. The maximum atomic E-state index is 13.7. The van der Waals surface area contributed by atoms with E-state index in [1.54, 1.807) is 42.5 Å². The molecule has 0 saturated carbocycles. The largest absolute Gasteiger partial charge is 0.507 e. The zero-order valence-electron chi connectivity index (χ0n) is 22.6. The van der Waals surface area contributed by atoms with Crippen LogP contribution in [0.25, 0.3) is 16.0 Å². The van der Waals surface area contributed by atoms with Gasteiger partial charge in [-0.1, -0.05) is 36.1 Å². The second-order valence-electron chi connectivity index (χ2n) is 9.86.